The van der Waals surface area contributed by atoms with Crippen molar-refractivity contribution in [2.75, 3.05) is 18.4 Å². The third-order valence-electron chi connectivity index (χ3n) is 3.02. The molecule has 0 aliphatic heterocycles. The van der Waals surface area contributed by atoms with Crippen LogP contribution in [0, 0.1) is 11.6 Å². The lowest BCUT2D eigenvalue weighted by Crippen LogP contribution is -2.49. The molecule has 0 radical (unpaired) electrons. The highest BCUT2D eigenvalue weighted by atomic mass is 19.1. The van der Waals surface area contributed by atoms with Crippen molar-refractivity contribution in [2.24, 2.45) is 0 Å². The zero-order chi connectivity index (χ0) is 17.8. The maximum atomic E-state index is 13.6. The summed E-state index contributed by atoms with van der Waals surface area (Å²) in [6.07, 6.45) is -0.458. The highest BCUT2D eigenvalue weighted by Gasteiger charge is 2.30. The van der Waals surface area contributed by atoms with E-state index in [1.54, 1.807) is 20.8 Å². The Morgan fingerprint density at radius 2 is 1.65 bits per heavy atom. The molecule has 1 aromatic carbocycles. The van der Waals surface area contributed by atoms with Crippen molar-refractivity contribution in [3.8, 4) is 0 Å². The molecule has 0 unspecified atom stereocenters. The quantitative estimate of drug-likeness (QED) is 0.890. The Hall–Kier alpha value is -1.85. The molecule has 1 aromatic rings. The van der Waals surface area contributed by atoms with Crippen LogP contribution in [0.15, 0.2) is 18.2 Å². The van der Waals surface area contributed by atoms with Gasteiger partial charge in [-0.1, -0.05) is 6.07 Å². The second-order valence-electron chi connectivity index (χ2n) is 7.33. The molecule has 0 spiro atoms. The molecule has 1 rings (SSSR count). The van der Waals surface area contributed by atoms with E-state index in [9.17, 15) is 13.6 Å². The Labute approximate surface area is 136 Å². The molecule has 1 amide bonds. The van der Waals surface area contributed by atoms with Crippen LogP contribution in [0.4, 0.5) is 19.3 Å². The molecule has 0 aromatic heterocycles. The van der Waals surface area contributed by atoms with Crippen LogP contribution >= 0.6 is 0 Å². The highest BCUT2D eigenvalue weighted by Crippen LogP contribution is 2.20. The van der Waals surface area contributed by atoms with E-state index in [2.05, 4.69) is 5.32 Å². The molecule has 4 nitrogen and oxygen atoms in total. The number of nitrogens with zero attached hydrogens (tertiary/aromatic N) is 1. The van der Waals surface area contributed by atoms with Gasteiger partial charge in [-0.2, -0.15) is 0 Å². The number of halogens is 2. The lowest BCUT2D eigenvalue weighted by Gasteiger charge is -2.37. The molecule has 0 saturated carbocycles. The number of para-hydroxylation sites is 1. The summed E-state index contributed by atoms with van der Waals surface area (Å²) >= 11 is 0. The number of carbonyl (C=O) groups is 1. The maximum absolute atomic E-state index is 13.6. The van der Waals surface area contributed by atoms with Gasteiger partial charge in [0.2, 0.25) is 0 Å². The molecule has 0 fully saturated rings. The summed E-state index contributed by atoms with van der Waals surface area (Å²) < 4.78 is 32.6. The summed E-state index contributed by atoms with van der Waals surface area (Å²) in [6.45, 7) is 11.5. The minimum absolute atomic E-state index is 0.189. The zero-order valence-corrected chi connectivity index (χ0v) is 14.7. The lowest BCUT2D eigenvalue weighted by atomic mass is 10.1. The summed E-state index contributed by atoms with van der Waals surface area (Å²) in [7, 11) is 0. The van der Waals surface area contributed by atoms with Crippen molar-refractivity contribution >= 4 is 11.8 Å². The molecular weight excluding hydrogens is 302 g/mol. The van der Waals surface area contributed by atoms with Gasteiger partial charge < -0.3 is 15.0 Å². The van der Waals surface area contributed by atoms with Gasteiger partial charge >= 0.3 is 6.09 Å². The van der Waals surface area contributed by atoms with E-state index in [0.29, 0.717) is 0 Å². The van der Waals surface area contributed by atoms with Crippen molar-refractivity contribution in [3.05, 3.63) is 29.8 Å². The number of anilines is 1. The fourth-order valence-electron chi connectivity index (χ4n) is 1.98. The van der Waals surface area contributed by atoms with Crippen LogP contribution in [-0.4, -0.2) is 35.2 Å². The Morgan fingerprint density at radius 1 is 1.13 bits per heavy atom. The molecule has 0 heterocycles. The predicted molar refractivity (Wildman–Crippen MR) is 87.5 cm³/mol. The molecule has 0 bridgehead atoms. The number of carbonyl (C=O) groups excluding carboxylic acids is 1. The van der Waals surface area contributed by atoms with E-state index in [0.717, 1.165) is 0 Å². The Balaban J connectivity index is 2.75. The van der Waals surface area contributed by atoms with E-state index < -0.39 is 28.9 Å². The van der Waals surface area contributed by atoms with Crippen LogP contribution in [-0.2, 0) is 4.74 Å². The second-order valence-corrected chi connectivity index (χ2v) is 7.33. The van der Waals surface area contributed by atoms with Crippen LogP contribution in [0.2, 0.25) is 0 Å². The zero-order valence-electron chi connectivity index (χ0n) is 14.7. The van der Waals surface area contributed by atoms with Gasteiger partial charge in [0.05, 0.1) is 0 Å². The topological polar surface area (TPSA) is 41.6 Å². The summed E-state index contributed by atoms with van der Waals surface area (Å²) in [4.78, 5) is 13.8. The van der Waals surface area contributed by atoms with E-state index in [1.165, 1.54) is 23.1 Å². The Bertz CT molecular complexity index is 528. The summed E-state index contributed by atoms with van der Waals surface area (Å²) in [5.74, 6) is -1.32. The SMILES string of the molecule is CC(C)(C)OC(=O)N(CCNc1c(F)cccc1F)C(C)(C)C. The minimum atomic E-state index is -0.662. The first kappa shape index (κ1) is 19.2. The average molecular weight is 328 g/mol. The van der Waals surface area contributed by atoms with Crippen LogP contribution in [0.25, 0.3) is 0 Å². The monoisotopic (exact) mass is 328 g/mol. The first-order valence-corrected chi connectivity index (χ1v) is 7.60. The van der Waals surface area contributed by atoms with Gasteiger partial charge in [-0.05, 0) is 53.7 Å². The predicted octanol–water partition coefficient (Wildman–Crippen LogP) is 4.41. The van der Waals surface area contributed by atoms with Gasteiger partial charge in [-0.25, -0.2) is 13.6 Å². The van der Waals surface area contributed by atoms with Gasteiger partial charge in [0.15, 0.2) is 0 Å². The van der Waals surface area contributed by atoms with Crippen LogP contribution in [0.3, 0.4) is 0 Å². The van der Waals surface area contributed by atoms with E-state index in [-0.39, 0.29) is 18.8 Å². The van der Waals surface area contributed by atoms with Crippen molar-refractivity contribution in [1.29, 1.82) is 0 Å². The van der Waals surface area contributed by atoms with Crippen molar-refractivity contribution in [1.82, 2.24) is 4.90 Å². The summed E-state index contributed by atoms with van der Waals surface area (Å²) in [6, 6.07) is 3.67. The first-order valence-electron chi connectivity index (χ1n) is 7.60. The average Bonchev–Trinajstić information content (AvgIpc) is 2.33. The van der Waals surface area contributed by atoms with E-state index >= 15 is 0 Å². The van der Waals surface area contributed by atoms with Crippen molar-refractivity contribution < 1.29 is 18.3 Å². The standard InChI is InChI=1S/C17H26F2N2O2/c1-16(2,3)21(15(22)23-17(4,5)6)11-10-20-14-12(18)8-7-9-13(14)19/h7-9,20H,10-11H2,1-6H3. The van der Waals surface area contributed by atoms with Crippen molar-refractivity contribution in [3.63, 3.8) is 0 Å². The lowest BCUT2D eigenvalue weighted by molar-refractivity contribution is 0.00749. The van der Waals surface area contributed by atoms with Crippen LogP contribution < -0.4 is 5.32 Å². The number of ether oxygens (including phenoxy) is 1. The molecule has 0 aliphatic carbocycles. The van der Waals surface area contributed by atoms with Crippen molar-refractivity contribution in [2.45, 2.75) is 52.7 Å². The molecule has 1 N–H and O–H groups in total. The minimum Gasteiger partial charge on any atom is -0.444 e. The summed E-state index contributed by atoms with van der Waals surface area (Å²) in [5, 5.41) is 2.70. The number of benzene rings is 1. The number of nitrogens with one attached hydrogen (secondary N) is 1. The van der Waals surface area contributed by atoms with Gasteiger partial charge in [0, 0.05) is 18.6 Å². The van der Waals surface area contributed by atoms with E-state index in [1.807, 2.05) is 20.8 Å². The Morgan fingerprint density at radius 3 is 2.09 bits per heavy atom. The number of rotatable bonds is 4. The molecule has 0 saturated heterocycles. The molecular formula is C17H26F2N2O2. The number of hydrogen-bond donors (Lipinski definition) is 1. The molecule has 0 aliphatic rings. The fourth-order valence-corrected chi connectivity index (χ4v) is 1.98. The van der Waals surface area contributed by atoms with E-state index in [4.69, 9.17) is 4.74 Å². The smallest absolute Gasteiger partial charge is 0.410 e. The number of amides is 1. The number of hydrogen-bond acceptors (Lipinski definition) is 3. The van der Waals surface area contributed by atoms with Gasteiger partial charge in [0.25, 0.3) is 0 Å². The second kappa shape index (κ2) is 7.15. The maximum Gasteiger partial charge on any atom is 0.410 e. The van der Waals surface area contributed by atoms with Gasteiger partial charge in [0.1, 0.15) is 22.9 Å². The van der Waals surface area contributed by atoms with Crippen LogP contribution in [0.5, 0.6) is 0 Å². The fraction of sp³-hybridized carbons (Fsp3) is 0.588. The molecule has 6 heteroatoms. The highest BCUT2D eigenvalue weighted by molar-refractivity contribution is 5.69. The van der Waals surface area contributed by atoms with Gasteiger partial charge in [-0.3, -0.25) is 0 Å². The summed E-state index contributed by atoms with van der Waals surface area (Å²) in [5.41, 5.74) is -1.27. The molecule has 0 atom stereocenters. The molecule has 130 valence electrons. The normalized spacial score (nSPS) is 12.0. The van der Waals surface area contributed by atoms with Crippen LogP contribution in [0.1, 0.15) is 41.5 Å². The first-order chi connectivity index (χ1) is 10.4. The molecule has 23 heavy (non-hydrogen) atoms. The Kier molecular flexibility index (Phi) is 5.97. The largest absolute Gasteiger partial charge is 0.444 e. The third kappa shape index (κ3) is 6.04. The third-order valence-corrected chi connectivity index (χ3v) is 3.02. The van der Waals surface area contributed by atoms with Gasteiger partial charge in [-0.15, -0.1) is 0 Å².